The summed E-state index contributed by atoms with van der Waals surface area (Å²) in [6.45, 7) is 19.7. The van der Waals surface area contributed by atoms with Gasteiger partial charge >= 0.3 is 5.97 Å². The Balaban J connectivity index is 1.37. The molecule has 1 aromatic rings. The number of aromatic nitrogens is 2. The molecule has 0 bridgehead atoms. The number of rotatable bonds is 4. The molecule has 0 radical (unpaired) electrons. The number of aromatic amines is 1. The van der Waals surface area contributed by atoms with E-state index in [-0.39, 0.29) is 32.8 Å². The average molecular weight is 535 g/mol. The minimum Gasteiger partial charge on any atom is -0.477 e. The number of aliphatic hydroxyl groups excluding tert-OH is 1. The first kappa shape index (κ1) is 27.3. The van der Waals surface area contributed by atoms with Crippen molar-refractivity contribution in [3.63, 3.8) is 0 Å². The molecule has 5 aliphatic carbocycles. The lowest BCUT2D eigenvalue weighted by Crippen LogP contribution is -2.65. The molecule has 0 aliphatic heterocycles. The third-order valence-corrected chi connectivity index (χ3v) is 14.2. The zero-order chi connectivity index (χ0) is 28.2. The number of hydrogen-bond acceptors (Lipinski definition) is 3. The number of carbonyl (C=O) groups is 1. The number of carboxylic acids is 1. The summed E-state index contributed by atoms with van der Waals surface area (Å²) in [5.74, 6) is 2.01. The molecule has 214 valence electrons. The maximum absolute atomic E-state index is 11.5. The topological polar surface area (TPSA) is 86.2 Å². The summed E-state index contributed by atoms with van der Waals surface area (Å²) in [4.78, 5) is 11.5. The smallest absolute Gasteiger partial charge is 0.353 e. The van der Waals surface area contributed by atoms with E-state index in [2.05, 4.69) is 64.4 Å². The van der Waals surface area contributed by atoms with Crippen LogP contribution in [0.5, 0.6) is 0 Å². The SMILES string of the molecule is C=C(C)[C@@H]1CC[C@]2(CO)CC[C@]3(C)[C@H](CC[C@@H]4[C@@]5(C)CC=C(c6cc(C(=O)O)[nH]n6)C(C)(C)[C@@H]5CC[C@]43C)[C@@H]12. The zero-order valence-corrected chi connectivity index (χ0v) is 25.1. The lowest BCUT2D eigenvalue weighted by molar-refractivity contribution is -0.228. The van der Waals surface area contributed by atoms with E-state index in [1.165, 1.54) is 49.7 Å². The van der Waals surface area contributed by atoms with Crippen molar-refractivity contribution in [3.05, 3.63) is 35.7 Å². The molecule has 0 spiro atoms. The largest absolute Gasteiger partial charge is 0.477 e. The molecule has 1 aromatic heterocycles. The van der Waals surface area contributed by atoms with Gasteiger partial charge in [0.15, 0.2) is 0 Å². The highest BCUT2D eigenvalue weighted by molar-refractivity contribution is 5.86. The van der Waals surface area contributed by atoms with Crippen LogP contribution in [0.4, 0.5) is 0 Å². The molecule has 39 heavy (non-hydrogen) atoms. The Hall–Kier alpha value is -1.88. The summed E-state index contributed by atoms with van der Waals surface area (Å²) in [5.41, 5.74) is 4.27. The molecule has 4 fully saturated rings. The van der Waals surface area contributed by atoms with Crippen LogP contribution < -0.4 is 0 Å². The summed E-state index contributed by atoms with van der Waals surface area (Å²) >= 11 is 0. The summed E-state index contributed by atoms with van der Waals surface area (Å²) in [7, 11) is 0. The minimum atomic E-state index is -0.958. The number of hydrogen-bond donors (Lipinski definition) is 3. The van der Waals surface area contributed by atoms with E-state index in [0.717, 1.165) is 25.0 Å². The van der Waals surface area contributed by atoms with Crippen molar-refractivity contribution >= 4 is 11.5 Å². The van der Waals surface area contributed by atoms with Crippen LogP contribution in [0.2, 0.25) is 0 Å². The fourth-order valence-electron chi connectivity index (χ4n) is 12.2. The van der Waals surface area contributed by atoms with E-state index in [1.54, 1.807) is 6.07 Å². The predicted octanol–water partition coefficient (Wildman–Crippen LogP) is 7.75. The molecule has 5 nitrogen and oxygen atoms in total. The Labute approximate surface area is 234 Å². The first-order valence-corrected chi connectivity index (χ1v) is 15.5. The summed E-state index contributed by atoms with van der Waals surface area (Å²) in [6, 6.07) is 1.72. The highest BCUT2D eigenvalue weighted by atomic mass is 16.4. The number of H-pyrrole nitrogens is 1. The maximum atomic E-state index is 11.5. The maximum Gasteiger partial charge on any atom is 0.353 e. The van der Waals surface area contributed by atoms with Gasteiger partial charge < -0.3 is 10.2 Å². The number of fused-ring (bicyclic) bond motifs is 7. The van der Waals surface area contributed by atoms with Crippen molar-refractivity contribution in [2.75, 3.05) is 6.61 Å². The van der Waals surface area contributed by atoms with Crippen molar-refractivity contribution in [2.45, 2.75) is 99.3 Å². The van der Waals surface area contributed by atoms with Gasteiger partial charge in [0.05, 0.1) is 5.69 Å². The number of allylic oxidation sites excluding steroid dienone is 3. The van der Waals surface area contributed by atoms with Crippen molar-refractivity contribution in [3.8, 4) is 0 Å². The molecule has 0 aromatic carbocycles. The number of aromatic carboxylic acids is 1. The van der Waals surface area contributed by atoms with Gasteiger partial charge in [-0.2, -0.15) is 5.10 Å². The van der Waals surface area contributed by atoms with E-state index < -0.39 is 5.97 Å². The lowest BCUT2D eigenvalue weighted by atomic mass is 9.32. The van der Waals surface area contributed by atoms with Crippen LogP contribution >= 0.6 is 0 Å². The normalized spacial score (nSPS) is 46.3. The highest BCUT2D eigenvalue weighted by Crippen LogP contribution is 2.77. The van der Waals surface area contributed by atoms with Crippen molar-refractivity contribution < 1.29 is 15.0 Å². The van der Waals surface area contributed by atoms with E-state index in [9.17, 15) is 15.0 Å². The second kappa shape index (κ2) is 8.57. The third kappa shape index (κ3) is 3.41. The van der Waals surface area contributed by atoms with Crippen molar-refractivity contribution in [1.82, 2.24) is 10.2 Å². The van der Waals surface area contributed by atoms with Gasteiger partial charge in [-0.15, -0.1) is 0 Å². The molecular weight excluding hydrogens is 484 g/mol. The Morgan fingerprint density at radius 1 is 1.03 bits per heavy atom. The number of nitrogens with one attached hydrogen (secondary N) is 1. The second-order valence-corrected chi connectivity index (χ2v) is 15.7. The van der Waals surface area contributed by atoms with Crippen LogP contribution in [-0.2, 0) is 0 Å². The molecule has 0 amide bonds. The van der Waals surface area contributed by atoms with E-state index in [1.807, 2.05) is 0 Å². The van der Waals surface area contributed by atoms with E-state index >= 15 is 0 Å². The Bertz CT molecular complexity index is 1230. The molecule has 9 atom stereocenters. The zero-order valence-electron chi connectivity index (χ0n) is 25.1. The van der Waals surface area contributed by atoms with Crippen molar-refractivity contribution in [2.24, 2.45) is 56.7 Å². The van der Waals surface area contributed by atoms with Crippen LogP contribution in [0.15, 0.2) is 24.3 Å². The highest BCUT2D eigenvalue weighted by Gasteiger charge is 2.70. The van der Waals surface area contributed by atoms with Crippen molar-refractivity contribution in [1.29, 1.82) is 0 Å². The minimum absolute atomic E-state index is 0.0772. The predicted molar refractivity (Wildman–Crippen MR) is 155 cm³/mol. The van der Waals surface area contributed by atoms with Gasteiger partial charge in [0, 0.05) is 6.61 Å². The van der Waals surface area contributed by atoms with Gasteiger partial charge in [-0.05, 0) is 133 Å². The quantitative estimate of drug-likeness (QED) is 0.345. The molecule has 0 unspecified atom stereocenters. The van der Waals surface area contributed by atoms with Crippen LogP contribution in [0.1, 0.15) is 116 Å². The van der Waals surface area contributed by atoms with Gasteiger partial charge in [0.2, 0.25) is 0 Å². The molecule has 6 rings (SSSR count). The summed E-state index contributed by atoms with van der Waals surface area (Å²) < 4.78 is 0. The van der Waals surface area contributed by atoms with Gasteiger partial charge in [-0.1, -0.05) is 52.8 Å². The van der Waals surface area contributed by atoms with E-state index in [4.69, 9.17) is 0 Å². The Morgan fingerprint density at radius 3 is 2.41 bits per heavy atom. The van der Waals surface area contributed by atoms with Crippen LogP contribution in [0, 0.1) is 56.7 Å². The molecular formula is C34H50N2O3. The fraction of sp³-hybridized carbons (Fsp3) is 0.765. The first-order valence-electron chi connectivity index (χ1n) is 15.5. The molecule has 1 heterocycles. The number of nitrogens with zero attached hydrogens (tertiary/aromatic N) is 1. The van der Waals surface area contributed by atoms with Gasteiger partial charge in [-0.25, -0.2) is 4.79 Å². The Morgan fingerprint density at radius 2 is 1.77 bits per heavy atom. The monoisotopic (exact) mass is 534 g/mol. The standard InChI is InChI=1S/C34H50N2O3/c1-20(2)21-10-15-34(19-37)17-16-32(6)23(28(21)34)8-9-27-31(5)13-11-22(24-18-25(29(38)39)36-35-24)30(3,4)26(31)12-14-33(27,32)7/h11,18,21,23,26-28,37H,1,8-10,12-17,19H2,2-7H3,(H,35,36)(H,38,39)/t21-,23+,26-,27+,28+,31-,32+,33+,34+/m0/s1. The number of aliphatic hydroxyl groups is 1. The van der Waals surface area contributed by atoms with Gasteiger partial charge in [0.1, 0.15) is 5.69 Å². The third-order valence-electron chi connectivity index (χ3n) is 14.2. The molecule has 0 saturated heterocycles. The van der Waals surface area contributed by atoms with E-state index in [0.29, 0.717) is 36.2 Å². The Kier molecular flexibility index (Phi) is 6.00. The second-order valence-electron chi connectivity index (χ2n) is 15.7. The van der Waals surface area contributed by atoms with Crippen LogP contribution in [-0.4, -0.2) is 33.0 Å². The molecule has 5 heteroatoms. The molecule has 5 aliphatic rings. The fourth-order valence-corrected chi connectivity index (χ4v) is 12.2. The number of carboxylic acid groups (broad SMARTS) is 1. The molecule has 4 saturated carbocycles. The lowest BCUT2D eigenvalue weighted by Gasteiger charge is -2.72. The average Bonchev–Trinajstić information content (AvgIpc) is 3.50. The van der Waals surface area contributed by atoms with Crippen LogP contribution in [0.3, 0.4) is 0 Å². The van der Waals surface area contributed by atoms with Crippen LogP contribution in [0.25, 0.3) is 5.57 Å². The van der Waals surface area contributed by atoms with Gasteiger partial charge in [0.25, 0.3) is 0 Å². The summed E-state index contributed by atoms with van der Waals surface area (Å²) in [5, 5.41) is 27.4. The summed E-state index contributed by atoms with van der Waals surface area (Å²) in [6.07, 6.45) is 13.2. The van der Waals surface area contributed by atoms with Gasteiger partial charge in [-0.3, -0.25) is 5.10 Å². The first-order chi connectivity index (χ1) is 18.2. The molecule has 3 N–H and O–H groups in total.